The van der Waals surface area contributed by atoms with E-state index in [1.165, 1.54) is 0 Å². The van der Waals surface area contributed by atoms with E-state index in [1.807, 2.05) is 26.0 Å². The highest BCUT2D eigenvalue weighted by molar-refractivity contribution is 5.80. The third-order valence-electron chi connectivity index (χ3n) is 2.72. The van der Waals surface area contributed by atoms with Crippen molar-refractivity contribution in [2.45, 2.75) is 45.8 Å². The van der Waals surface area contributed by atoms with Gasteiger partial charge in [-0.05, 0) is 51.3 Å². The van der Waals surface area contributed by atoms with Crippen molar-refractivity contribution in [1.29, 1.82) is 0 Å². The van der Waals surface area contributed by atoms with Gasteiger partial charge in [0.2, 0.25) is 5.91 Å². The van der Waals surface area contributed by atoms with Crippen LogP contribution in [0, 0.1) is 0 Å². The molecule has 1 amide bonds. The third kappa shape index (κ3) is 6.25. The molecular weight excluding hydrogens is 242 g/mol. The van der Waals surface area contributed by atoms with Gasteiger partial charge < -0.3 is 15.2 Å². The standard InChI is InChI=1S/C15H23NO3/c1-11(2)19-12(3)15(18)16-10-4-5-13-6-8-14(17)9-7-13/h6-9,11-12,17H,4-5,10H2,1-3H3,(H,16,18)/t12-/m1/s1. The van der Waals surface area contributed by atoms with Crippen molar-refractivity contribution < 1.29 is 14.6 Å². The Kier molecular flexibility index (Phi) is 6.36. The quantitative estimate of drug-likeness (QED) is 0.743. The minimum atomic E-state index is -0.409. The Bertz CT molecular complexity index is 387. The summed E-state index contributed by atoms with van der Waals surface area (Å²) >= 11 is 0. The molecule has 4 heteroatoms. The van der Waals surface area contributed by atoms with E-state index in [1.54, 1.807) is 19.1 Å². The van der Waals surface area contributed by atoms with E-state index in [0.29, 0.717) is 6.54 Å². The third-order valence-corrected chi connectivity index (χ3v) is 2.72. The molecule has 1 aromatic carbocycles. The fourth-order valence-electron chi connectivity index (χ4n) is 1.78. The Balaban J connectivity index is 2.20. The van der Waals surface area contributed by atoms with Crippen molar-refractivity contribution in [3.63, 3.8) is 0 Å². The molecule has 0 aliphatic carbocycles. The van der Waals surface area contributed by atoms with Crippen molar-refractivity contribution in [2.24, 2.45) is 0 Å². The largest absolute Gasteiger partial charge is 0.508 e. The van der Waals surface area contributed by atoms with E-state index in [9.17, 15) is 4.79 Å². The van der Waals surface area contributed by atoms with E-state index in [4.69, 9.17) is 9.84 Å². The monoisotopic (exact) mass is 265 g/mol. The van der Waals surface area contributed by atoms with Crippen molar-refractivity contribution in [3.8, 4) is 5.75 Å². The SMILES string of the molecule is CC(C)O[C@H](C)C(=O)NCCCc1ccc(O)cc1. The normalized spacial score (nSPS) is 12.4. The van der Waals surface area contributed by atoms with Crippen LogP contribution in [0.15, 0.2) is 24.3 Å². The van der Waals surface area contributed by atoms with Gasteiger partial charge in [-0.1, -0.05) is 12.1 Å². The van der Waals surface area contributed by atoms with E-state index < -0.39 is 6.10 Å². The summed E-state index contributed by atoms with van der Waals surface area (Å²) in [4.78, 5) is 11.7. The summed E-state index contributed by atoms with van der Waals surface area (Å²) in [5.74, 6) is 0.205. The predicted molar refractivity (Wildman–Crippen MR) is 75.1 cm³/mol. The average molecular weight is 265 g/mol. The van der Waals surface area contributed by atoms with Crippen molar-refractivity contribution in [2.75, 3.05) is 6.54 Å². The lowest BCUT2D eigenvalue weighted by molar-refractivity contribution is -0.134. The van der Waals surface area contributed by atoms with Crippen LogP contribution in [0.1, 0.15) is 32.8 Å². The second-order valence-electron chi connectivity index (χ2n) is 4.89. The van der Waals surface area contributed by atoms with Crippen LogP contribution in [0.3, 0.4) is 0 Å². The maximum Gasteiger partial charge on any atom is 0.248 e. The van der Waals surface area contributed by atoms with Crippen LogP contribution in [-0.4, -0.2) is 29.8 Å². The number of nitrogens with one attached hydrogen (secondary N) is 1. The molecule has 19 heavy (non-hydrogen) atoms. The predicted octanol–water partition coefficient (Wildman–Crippen LogP) is 2.25. The van der Waals surface area contributed by atoms with Crippen molar-refractivity contribution in [3.05, 3.63) is 29.8 Å². The number of ether oxygens (including phenoxy) is 1. The van der Waals surface area contributed by atoms with Gasteiger partial charge >= 0.3 is 0 Å². The molecule has 1 aromatic rings. The summed E-state index contributed by atoms with van der Waals surface area (Å²) in [5, 5.41) is 12.0. The minimum absolute atomic E-state index is 0.0535. The van der Waals surface area contributed by atoms with Gasteiger partial charge in [-0.3, -0.25) is 4.79 Å². The number of carbonyl (C=O) groups is 1. The summed E-state index contributed by atoms with van der Waals surface area (Å²) in [7, 11) is 0. The summed E-state index contributed by atoms with van der Waals surface area (Å²) in [5.41, 5.74) is 1.15. The molecule has 0 aliphatic heterocycles. The van der Waals surface area contributed by atoms with Crippen molar-refractivity contribution in [1.82, 2.24) is 5.32 Å². The highest BCUT2D eigenvalue weighted by Crippen LogP contribution is 2.10. The number of hydrogen-bond donors (Lipinski definition) is 2. The number of hydrogen-bond acceptors (Lipinski definition) is 3. The summed E-state index contributed by atoms with van der Waals surface area (Å²) in [6.07, 6.45) is 1.39. The number of phenolic OH excluding ortho intramolecular Hbond substituents is 1. The first-order chi connectivity index (χ1) is 8.99. The van der Waals surface area contributed by atoms with E-state index in [-0.39, 0.29) is 17.8 Å². The molecule has 106 valence electrons. The number of aryl methyl sites for hydroxylation is 1. The molecule has 1 atom stereocenters. The van der Waals surface area contributed by atoms with Crippen LogP contribution in [0.4, 0.5) is 0 Å². The van der Waals surface area contributed by atoms with Gasteiger partial charge in [-0.2, -0.15) is 0 Å². The van der Waals surface area contributed by atoms with Crippen LogP contribution in [0.2, 0.25) is 0 Å². The summed E-state index contributed by atoms with van der Waals surface area (Å²) < 4.78 is 5.40. The Morgan fingerprint density at radius 1 is 1.26 bits per heavy atom. The van der Waals surface area contributed by atoms with Gasteiger partial charge in [0, 0.05) is 6.54 Å². The Hall–Kier alpha value is -1.55. The molecule has 0 bridgehead atoms. The number of aromatic hydroxyl groups is 1. The molecule has 0 spiro atoms. The Morgan fingerprint density at radius 3 is 2.47 bits per heavy atom. The molecular formula is C15H23NO3. The second kappa shape index (κ2) is 7.79. The van der Waals surface area contributed by atoms with Crippen molar-refractivity contribution >= 4 is 5.91 Å². The maximum absolute atomic E-state index is 11.7. The van der Waals surface area contributed by atoms with E-state index in [0.717, 1.165) is 18.4 Å². The highest BCUT2D eigenvalue weighted by atomic mass is 16.5. The smallest absolute Gasteiger partial charge is 0.248 e. The maximum atomic E-state index is 11.7. The molecule has 0 fully saturated rings. The first-order valence-corrected chi connectivity index (χ1v) is 6.70. The lowest BCUT2D eigenvalue weighted by Crippen LogP contribution is -2.36. The topological polar surface area (TPSA) is 58.6 Å². The molecule has 0 saturated carbocycles. The van der Waals surface area contributed by atoms with Gasteiger partial charge in [0.25, 0.3) is 0 Å². The lowest BCUT2D eigenvalue weighted by atomic mass is 10.1. The minimum Gasteiger partial charge on any atom is -0.508 e. The van der Waals surface area contributed by atoms with Gasteiger partial charge in [0.1, 0.15) is 11.9 Å². The Morgan fingerprint density at radius 2 is 1.89 bits per heavy atom. The van der Waals surface area contributed by atoms with E-state index in [2.05, 4.69) is 5.32 Å². The number of benzene rings is 1. The second-order valence-corrected chi connectivity index (χ2v) is 4.89. The highest BCUT2D eigenvalue weighted by Gasteiger charge is 2.13. The van der Waals surface area contributed by atoms with Gasteiger partial charge in [0.15, 0.2) is 0 Å². The molecule has 0 unspecified atom stereocenters. The zero-order chi connectivity index (χ0) is 14.3. The number of rotatable bonds is 7. The van der Waals surface area contributed by atoms with Gasteiger partial charge in [-0.25, -0.2) is 0 Å². The van der Waals surface area contributed by atoms with Crippen LogP contribution in [0.25, 0.3) is 0 Å². The zero-order valence-corrected chi connectivity index (χ0v) is 11.8. The molecule has 0 saturated heterocycles. The van der Waals surface area contributed by atoms with Gasteiger partial charge in [-0.15, -0.1) is 0 Å². The van der Waals surface area contributed by atoms with Gasteiger partial charge in [0.05, 0.1) is 6.10 Å². The van der Waals surface area contributed by atoms with E-state index >= 15 is 0 Å². The molecule has 0 heterocycles. The number of phenols is 1. The Labute approximate surface area is 114 Å². The molecule has 4 nitrogen and oxygen atoms in total. The number of amides is 1. The fourth-order valence-corrected chi connectivity index (χ4v) is 1.78. The van der Waals surface area contributed by atoms with Crippen LogP contribution < -0.4 is 5.32 Å². The first kappa shape index (κ1) is 15.5. The first-order valence-electron chi connectivity index (χ1n) is 6.70. The molecule has 1 rings (SSSR count). The molecule has 2 N–H and O–H groups in total. The lowest BCUT2D eigenvalue weighted by Gasteiger charge is -2.15. The fraction of sp³-hybridized carbons (Fsp3) is 0.533. The van der Waals surface area contributed by atoms with Crippen LogP contribution >= 0.6 is 0 Å². The summed E-state index contributed by atoms with van der Waals surface area (Å²) in [6, 6.07) is 7.13. The molecule has 0 radical (unpaired) electrons. The number of carbonyl (C=O) groups excluding carboxylic acids is 1. The molecule has 0 aliphatic rings. The average Bonchev–Trinajstić information content (AvgIpc) is 2.35. The molecule has 0 aromatic heterocycles. The summed E-state index contributed by atoms with van der Waals surface area (Å²) in [6.45, 7) is 6.21. The van der Waals surface area contributed by atoms with Crippen LogP contribution in [0.5, 0.6) is 5.75 Å². The van der Waals surface area contributed by atoms with Crippen LogP contribution in [-0.2, 0) is 16.0 Å². The zero-order valence-electron chi connectivity index (χ0n) is 11.8.